The van der Waals surface area contributed by atoms with Gasteiger partial charge in [0, 0.05) is 0 Å². The van der Waals surface area contributed by atoms with Gasteiger partial charge in [-0.05, 0) is 45.7 Å². The van der Waals surface area contributed by atoms with Crippen molar-refractivity contribution in [3.05, 3.63) is 126 Å². The first-order chi connectivity index (χ1) is 17.1. The first kappa shape index (κ1) is 22.3. The quantitative estimate of drug-likeness (QED) is 0.397. The van der Waals surface area contributed by atoms with E-state index in [-0.39, 0.29) is 18.0 Å². The average Bonchev–Trinajstić information content (AvgIpc) is 3.35. The first-order valence-corrected chi connectivity index (χ1v) is 11.3. The first-order valence-electron chi connectivity index (χ1n) is 11.3. The summed E-state index contributed by atoms with van der Waals surface area (Å²) in [5, 5.41) is 3.69. The summed E-state index contributed by atoms with van der Waals surface area (Å²) >= 11 is 0. The molecular weight excluding hydrogens is 443 g/mol. The highest BCUT2D eigenvalue weighted by atomic mass is 19.1. The molecule has 1 aliphatic heterocycles. The molecule has 0 fully saturated rings. The summed E-state index contributed by atoms with van der Waals surface area (Å²) in [5.41, 5.74) is 6.07. The van der Waals surface area contributed by atoms with Crippen LogP contribution in [0.4, 0.5) is 4.39 Å². The monoisotopic (exact) mass is 466 g/mol. The number of hydrazine groups is 1. The van der Waals surface area contributed by atoms with Crippen LogP contribution in [0, 0.1) is 5.82 Å². The van der Waals surface area contributed by atoms with Gasteiger partial charge in [0.1, 0.15) is 5.82 Å². The fraction of sp³-hybridized carbons (Fsp3) is 0.103. The highest BCUT2D eigenvalue weighted by Crippen LogP contribution is 2.32. The maximum absolute atomic E-state index is 13.8. The normalized spacial score (nSPS) is 14.9. The molecule has 1 heterocycles. The number of rotatable bonds is 6. The van der Waals surface area contributed by atoms with Gasteiger partial charge >= 0.3 is 5.97 Å². The largest absolute Gasteiger partial charge is 0.455 e. The molecule has 0 aromatic heterocycles. The molecule has 35 heavy (non-hydrogen) atoms. The number of benzene rings is 4. The Kier molecular flexibility index (Phi) is 6.26. The Labute approximate surface area is 202 Å². The number of halogens is 1. The van der Waals surface area contributed by atoms with E-state index >= 15 is 0 Å². The summed E-state index contributed by atoms with van der Waals surface area (Å²) in [6, 6.07) is 29.4. The zero-order valence-electron chi connectivity index (χ0n) is 18.9. The number of carbonyl (C=O) groups is 2. The lowest BCUT2D eigenvalue weighted by Crippen LogP contribution is -2.42. The van der Waals surface area contributed by atoms with Crippen molar-refractivity contribution >= 4 is 28.3 Å². The van der Waals surface area contributed by atoms with Crippen LogP contribution in [-0.4, -0.2) is 23.5 Å². The van der Waals surface area contributed by atoms with Crippen LogP contribution in [0.5, 0.6) is 0 Å². The van der Waals surface area contributed by atoms with Crippen molar-refractivity contribution in [2.45, 2.75) is 12.5 Å². The molecule has 6 heteroatoms. The summed E-state index contributed by atoms with van der Waals surface area (Å²) < 4.78 is 19.0. The summed E-state index contributed by atoms with van der Waals surface area (Å²) in [6.45, 7) is -0.456. The summed E-state index contributed by atoms with van der Waals surface area (Å²) in [4.78, 5) is 25.4. The molecule has 5 nitrogen and oxygen atoms in total. The van der Waals surface area contributed by atoms with Crippen molar-refractivity contribution in [1.29, 1.82) is 0 Å². The molecule has 4 aromatic rings. The smallest absolute Gasteiger partial charge is 0.310 e. The number of fused-ring (bicyclic) bond motifs is 1. The van der Waals surface area contributed by atoms with Crippen LogP contribution < -0.4 is 5.43 Å². The minimum absolute atomic E-state index is 0.228. The molecule has 1 N–H and O–H groups in total. The molecule has 0 unspecified atom stereocenters. The molecule has 0 bridgehead atoms. The van der Waals surface area contributed by atoms with Crippen LogP contribution in [-0.2, 0) is 20.7 Å². The highest BCUT2D eigenvalue weighted by molar-refractivity contribution is 5.88. The van der Waals surface area contributed by atoms with Gasteiger partial charge in [-0.2, -0.15) is 0 Å². The van der Waals surface area contributed by atoms with Crippen LogP contribution in [0.15, 0.2) is 103 Å². The van der Waals surface area contributed by atoms with Crippen LogP contribution in [0.25, 0.3) is 16.5 Å². The van der Waals surface area contributed by atoms with Gasteiger partial charge in [-0.3, -0.25) is 15.0 Å². The van der Waals surface area contributed by atoms with Crippen molar-refractivity contribution in [2.24, 2.45) is 0 Å². The summed E-state index contributed by atoms with van der Waals surface area (Å²) in [6.07, 6.45) is 1.74. The van der Waals surface area contributed by atoms with E-state index in [1.807, 2.05) is 72.8 Å². The second-order valence-corrected chi connectivity index (χ2v) is 8.30. The Morgan fingerprint density at radius 2 is 1.57 bits per heavy atom. The van der Waals surface area contributed by atoms with Crippen LogP contribution >= 0.6 is 0 Å². The number of nitrogens with zero attached hydrogens (tertiary/aromatic N) is 1. The fourth-order valence-electron chi connectivity index (χ4n) is 4.16. The van der Waals surface area contributed by atoms with Gasteiger partial charge in [0.2, 0.25) is 0 Å². The predicted octanol–water partition coefficient (Wildman–Crippen LogP) is 5.19. The van der Waals surface area contributed by atoms with Crippen molar-refractivity contribution in [2.75, 3.05) is 6.61 Å². The third kappa shape index (κ3) is 4.92. The summed E-state index contributed by atoms with van der Waals surface area (Å²) in [7, 11) is 0. The van der Waals surface area contributed by atoms with Crippen LogP contribution in [0.2, 0.25) is 0 Å². The lowest BCUT2D eigenvalue weighted by Gasteiger charge is -2.25. The Morgan fingerprint density at radius 3 is 2.37 bits per heavy atom. The molecule has 5 rings (SSSR count). The molecule has 0 aliphatic carbocycles. The molecule has 1 atom stereocenters. The summed E-state index contributed by atoms with van der Waals surface area (Å²) in [5.74, 6) is -1.56. The topological polar surface area (TPSA) is 58.6 Å². The minimum atomic E-state index is -0.665. The van der Waals surface area contributed by atoms with Gasteiger partial charge in [-0.25, -0.2) is 9.40 Å². The Bertz CT molecular complexity index is 1420. The van der Waals surface area contributed by atoms with Gasteiger partial charge in [-0.15, -0.1) is 0 Å². The molecule has 1 amide bonds. The maximum atomic E-state index is 13.8. The van der Waals surface area contributed by atoms with Crippen LogP contribution in [0.1, 0.15) is 22.7 Å². The lowest BCUT2D eigenvalue weighted by atomic mass is 10.0. The predicted molar refractivity (Wildman–Crippen MR) is 132 cm³/mol. The average molecular weight is 467 g/mol. The third-order valence-electron chi connectivity index (χ3n) is 5.96. The van der Waals surface area contributed by atoms with E-state index in [9.17, 15) is 14.0 Å². The van der Waals surface area contributed by atoms with Crippen molar-refractivity contribution in [3.63, 3.8) is 0 Å². The lowest BCUT2D eigenvalue weighted by molar-refractivity contribution is -0.153. The van der Waals surface area contributed by atoms with E-state index in [1.165, 1.54) is 17.1 Å². The zero-order valence-corrected chi connectivity index (χ0v) is 18.9. The Balaban J connectivity index is 1.33. The van der Waals surface area contributed by atoms with Crippen molar-refractivity contribution < 1.29 is 18.7 Å². The second-order valence-electron chi connectivity index (χ2n) is 8.30. The van der Waals surface area contributed by atoms with Gasteiger partial charge in [0.25, 0.3) is 5.91 Å². The number of hydrogen-bond donors (Lipinski definition) is 1. The molecule has 0 saturated heterocycles. The molecule has 4 aromatic carbocycles. The van der Waals surface area contributed by atoms with Crippen molar-refractivity contribution in [1.82, 2.24) is 10.4 Å². The molecular formula is C29H23FN2O3. The Morgan fingerprint density at radius 1 is 0.857 bits per heavy atom. The Hall–Kier alpha value is -4.45. The van der Waals surface area contributed by atoms with Gasteiger partial charge in [-0.1, -0.05) is 84.9 Å². The van der Waals surface area contributed by atoms with E-state index in [0.717, 1.165) is 27.6 Å². The number of amides is 1. The van der Waals surface area contributed by atoms with E-state index in [4.69, 9.17) is 4.74 Å². The van der Waals surface area contributed by atoms with E-state index in [1.54, 1.807) is 12.1 Å². The second kappa shape index (κ2) is 9.81. The minimum Gasteiger partial charge on any atom is -0.455 e. The number of nitrogens with one attached hydrogen (secondary N) is 1. The molecule has 0 spiro atoms. The van der Waals surface area contributed by atoms with Gasteiger partial charge in [0.15, 0.2) is 6.61 Å². The number of carbonyl (C=O) groups excluding carboxylic acids is 2. The molecule has 174 valence electrons. The van der Waals surface area contributed by atoms with E-state index < -0.39 is 24.3 Å². The number of esters is 1. The zero-order chi connectivity index (χ0) is 24.2. The third-order valence-corrected chi connectivity index (χ3v) is 5.96. The van der Waals surface area contributed by atoms with Gasteiger partial charge < -0.3 is 4.74 Å². The number of ether oxygens (including phenoxy) is 1. The van der Waals surface area contributed by atoms with Gasteiger partial charge in [0.05, 0.1) is 18.2 Å². The van der Waals surface area contributed by atoms with E-state index in [0.29, 0.717) is 0 Å². The SMILES string of the molecule is O=C(Cc1ccccc1F)OCC(=O)N1NC(c2ccc3ccccc3c2)=C[C@@H]1c1ccccc1. The van der Waals surface area contributed by atoms with Crippen LogP contribution in [0.3, 0.4) is 0 Å². The molecule has 0 radical (unpaired) electrons. The molecule has 0 saturated carbocycles. The number of hydrogen-bond acceptors (Lipinski definition) is 4. The standard InChI is InChI=1S/C29H23FN2O3/c30-25-13-7-6-12-23(25)17-29(34)35-19-28(33)32-27(21-9-2-1-3-10-21)18-26(31-32)24-15-14-20-8-4-5-11-22(20)16-24/h1-16,18,27,31H,17,19H2/t27-/m1/s1. The molecule has 1 aliphatic rings. The van der Waals surface area contributed by atoms with E-state index in [2.05, 4.69) is 11.5 Å². The highest BCUT2D eigenvalue weighted by Gasteiger charge is 2.31. The maximum Gasteiger partial charge on any atom is 0.310 e. The fourth-order valence-corrected chi connectivity index (χ4v) is 4.16. The van der Waals surface area contributed by atoms with Crippen molar-refractivity contribution in [3.8, 4) is 0 Å².